The molecule has 0 saturated carbocycles. The number of fused-ring (bicyclic) bond motifs is 1. The van der Waals surface area contributed by atoms with E-state index in [9.17, 15) is 0 Å². The van der Waals surface area contributed by atoms with Crippen molar-refractivity contribution in [2.45, 2.75) is 11.4 Å². The number of anilines is 2. The van der Waals surface area contributed by atoms with E-state index in [1.54, 1.807) is 30.4 Å². The minimum Gasteiger partial charge on any atom is -0.495 e. The van der Waals surface area contributed by atoms with Gasteiger partial charge in [0, 0.05) is 43.3 Å². The van der Waals surface area contributed by atoms with Gasteiger partial charge in [-0.1, -0.05) is 24.3 Å². The van der Waals surface area contributed by atoms with Crippen molar-refractivity contribution >= 4 is 44.9 Å². The second-order valence-corrected chi connectivity index (χ2v) is 9.58. The Morgan fingerprint density at radius 2 is 1.81 bits per heavy atom. The van der Waals surface area contributed by atoms with Crippen LogP contribution in [0.4, 0.5) is 11.4 Å². The van der Waals surface area contributed by atoms with Crippen molar-refractivity contribution in [3.63, 3.8) is 0 Å². The second kappa shape index (κ2) is 9.81. The maximum atomic E-state index is 5.53. The maximum Gasteiger partial charge on any atom is 0.142 e. The molecule has 0 atom stereocenters. The van der Waals surface area contributed by atoms with Crippen LogP contribution in [0, 0.1) is 0 Å². The minimum absolute atomic E-state index is 0.952. The normalized spacial score (nSPS) is 14.6. The number of hydrogen-bond donors (Lipinski definition) is 1. The lowest BCUT2D eigenvalue weighted by Gasteiger charge is -2.36. The van der Waals surface area contributed by atoms with Gasteiger partial charge in [0.25, 0.3) is 0 Å². The van der Waals surface area contributed by atoms with Crippen LogP contribution in [0.1, 0.15) is 5.56 Å². The van der Waals surface area contributed by atoms with E-state index in [-0.39, 0.29) is 0 Å². The molecule has 0 radical (unpaired) electrons. The number of piperazine rings is 1. The lowest BCUT2D eigenvalue weighted by Crippen LogP contribution is -2.46. The number of hydrogen-bond acceptors (Lipinski definition) is 7. The molecule has 1 aromatic heterocycles. The van der Waals surface area contributed by atoms with Crippen molar-refractivity contribution < 1.29 is 4.74 Å². The zero-order valence-electron chi connectivity index (χ0n) is 18.0. The molecule has 1 saturated heterocycles. The van der Waals surface area contributed by atoms with Gasteiger partial charge in [0.1, 0.15) is 5.75 Å². The van der Waals surface area contributed by atoms with Crippen molar-refractivity contribution in [2.24, 2.45) is 0 Å². The van der Waals surface area contributed by atoms with Gasteiger partial charge in [-0.25, -0.2) is 4.98 Å². The molecular weight excluding hydrogens is 436 g/mol. The van der Waals surface area contributed by atoms with E-state index in [0.717, 1.165) is 49.7 Å². The number of nitrogens with one attached hydrogen (secondary N) is 1. The Bertz CT molecular complexity index is 1170. The molecule has 2 heterocycles. The Labute approximate surface area is 197 Å². The molecule has 1 fully saturated rings. The third kappa shape index (κ3) is 4.85. The highest BCUT2D eigenvalue weighted by Crippen LogP contribution is 2.29. The van der Waals surface area contributed by atoms with Crippen LogP contribution in [0.25, 0.3) is 10.2 Å². The molecule has 7 heteroatoms. The molecule has 0 spiro atoms. The molecule has 0 unspecified atom stereocenters. The molecule has 1 N–H and O–H groups in total. The average molecular weight is 463 g/mol. The van der Waals surface area contributed by atoms with E-state index in [1.165, 1.54) is 20.8 Å². The van der Waals surface area contributed by atoms with Gasteiger partial charge in [-0.3, -0.25) is 4.90 Å². The fourth-order valence-electron chi connectivity index (χ4n) is 3.99. The zero-order valence-corrected chi connectivity index (χ0v) is 19.7. The number of aromatic nitrogens is 1. The van der Waals surface area contributed by atoms with Crippen LogP contribution in [0.15, 0.2) is 77.1 Å². The van der Waals surface area contributed by atoms with Gasteiger partial charge in [-0.05, 0) is 60.0 Å². The fourth-order valence-corrected chi connectivity index (χ4v) is 5.33. The van der Waals surface area contributed by atoms with Crippen LogP contribution in [0.3, 0.4) is 0 Å². The number of benzene rings is 3. The molecule has 5 rings (SSSR count). The summed E-state index contributed by atoms with van der Waals surface area (Å²) < 4.78 is 10.2. The minimum atomic E-state index is 0.952. The van der Waals surface area contributed by atoms with Crippen LogP contribution in [0.2, 0.25) is 0 Å². The summed E-state index contributed by atoms with van der Waals surface area (Å²) >= 11 is 3.30. The maximum absolute atomic E-state index is 5.53. The molecule has 164 valence electrons. The molecule has 1 aliphatic rings. The Hall–Kier alpha value is -2.74. The smallest absolute Gasteiger partial charge is 0.142 e. The number of nitrogens with zero attached hydrogens (tertiary/aromatic N) is 3. The van der Waals surface area contributed by atoms with E-state index in [1.807, 2.05) is 17.6 Å². The van der Waals surface area contributed by atoms with E-state index >= 15 is 0 Å². The summed E-state index contributed by atoms with van der Waals surface area (Å²) in [5.41, 5.74) is 6.59. The van der Waals surface area contributed by atoms with Crippen molar-refractivity contribution in [1.29, 1.82) is 0 Å². The van der Waals surface area contributed by atoms with E-state index in [0.29, 0.717) is 0 Å². The van der Waals surface area contributed by atoms with Gasteiger partial charge in [-0.15, -0.1) is 11.3 Å². The van der Waals surface area contributed by atoms with Crippen molar-refractivity contribution in [2.75, 3.05) is 42.9 Å². The van der Waals surface area contributed by atoms with Crippen molar-refractivity contribution in [3.8, 4) is 5.75 Å². The largest absolute Gasteiger partial charge is 0.495 e. The van der Waals surface area contributed by atoms with Crippen molar-refractivity contribution in [1.82, 2.24) is 9.88 Å². The summed E-state index contributed by atoms with van der Waals surface area (Å²) in [4.78, 5) is 10.5. The molecular formula is C25H26N4OS2. The predicted molar refractivity (Wildman–Crippen MR) is 136 cm³/mol. The van der Waals surface area contributed by atoms with Crippen molar-refractivity contribution in [3.05, 3.63) is 77.8 Å². The van der Waals surface area contributed by atoms with Crippen LogP contribution < -0.4 is 14.4 Å². The Morgan fingerprint density at radius 1 is 1.00 bits per heavy atom. The first-order chi connectivity index (χ1) is 15.8. The average Bonchev–Trinajstić information content (AvgIpc) is 3.32. The first-order valence-corrected chi connectivity index (χ1v) is 12.4. The number of ether oxygens (including phenoxy) is 1. The molecule has 0 bridgehead atoms. The van der Waals surface area contributed by atoms with Gasteiger partial charge in [0.15, 0.2) is 0 Å². The zero-order chi connectivity index (χ0) is 21.8. The van der Waals surface area contributed by atoms with Gasteiger partial charge in [-0.2, -0.15) is 0 Å². The molecule has 5 nitrogen and oxygen atoms in total. The van der Waals surface area contributed by atoms with Gasteiger partial charge in [0.05, 0.1) is 28.5 Å². The third-order valence-electron chi connectivity index (χ3n) is 5.75. The van der Waals surface area contributed by atoms with Gasteiger partial charge >= 0.3 is 0 Å². The van der Waals surface area contributed by atoms with E-state index < -0.39 is 0 Å². The number of methoxy groups -OCH3 is 1. The number of thiazole rings is 1. The fraction of sp³-hybridized carbons (Fsp3) is 0.240. The summed E-state index contributed by atoms with van der Waals surface area (Å²) in [6.07, 6.45) is 0. The highest BCUT2D eigenvalue weighted by molar-refractivity contribution is 8.00. The van der Waals surface area contributed by atoms with Crippen LogP contribution in [-0.2, 0) is 6.54 Å². The predicted octanol–water partition coefficient (Wildman–Crippen LogP) is 5.75. The summed E-state index contributed by atoms with van der Waals surface area (Å²) in [5.74, 6) is 0.952. The van der Waals surface area contributed by atoms with Gasteiger partial charge in [0.2, 0.25) is 0 Å². The summed E-state index contributed by atoms with van der Waals surface area (Å²) in [6, 6.07) is 23.4. The molecule has 4 aromatic rings. The van der Waals surface area contributed by atoms with Crippen LogP contribution in [-0.4, -0.2) is 43.2 Å². The second-order valence-electron chi connectivity index (χ2n) is 7.82. The highest BCUT2D eigenvalue weighted by Gasteiger charge is 2.19. The first kappa shape index (κ1) is 21.1. The lowest BCUT2D eigenvalue weighted by atomic mass is 10.1. The lowest BCUT2D eigenvalue weighted by molar-refractivity contribution is 0.249. The molecule has 3 aromatic carbocycles. The monoisotopic (exact) mass is 462 g/mol. The summed E-state index contributed by atoms with van der Waals surface area (Å²) in [6.45, 7) is 5.10. The topological polar surface area (TPSA) is 40.6 Å². The van der Waals surface area contributed by atoms with Crippen LogP contribution in [0.5, 0.6) is 5.75 Å². The number of para-hydroxylation sites is 2. The van der Waals surface area contributed by atoms with Crippen LogP contribution >= 0.6 is 23.3 Å². The molecule has 0 aliphatic carbocycles. The molecule has 0 amide bonds. The number of rotatable bonds is 7. The Kier molecular flexibility index (Phi) is 6.48. The Balaban J connectivity index is 1.12. The van der Waals surface area contributed by atoms with E-state index in [2.05, 4.69) is 74.1 Å². The highest BCUT2D eigenvalue weighted by atomic mass is 32.2. The summed E-state index contributed by atoms with van der Waals surface area (Å²) in [5, 5.41) is 0. The standard InChI is InChI=1S/C25H26N4OS2/c1-30-24-5-3-2-4-23(24)29-14-12-28(13-15-29)17-19-6-8-20(9-7-19)27-32-21-10-11-25-22(16-21)26-18-31-25/h2-11,16,18,27H,12-15,17H2,1H3. The Morgan fingerprint density at radius 3 is 2.62 bits per heavy atom. The molecule has 32 heavy (non-hydrogen) atoms. The van der Waals surface area contributed by atoms with Gasteiger partial charge < -0.3 is 14.4 Å². The first-order valence-electron chi connectivity index (χ1n) is 10.7. The quantitative estimate of drug-likeness (QED) is 0.353. The summed E-state index contributed by atoms with van der Waals surface area (Å²) in [7, 11) is 1.74. The van der Waals surface area contributed by atoms with E-state index in [4.69, 9.17) is 4.74 Å². The SMILES string of the molecule is COc1ccccc1N1CCN(Cc2ccc(NSc3ccc4scnc4c3)cc2)CC1. The third-order valence-corrected chi connectivity index (χ3v) is 7.38. The molecule has 1 aliphatic heterocycles.